The molecule has 0 spiro atoms. The van der Waals surface area contributed by atoms with Crippen molar-refractivity contribution >= 4 is 35.8 Å². The summed E-state index contributed by atoms with van der Waals surface area (Å²) in [6.07, 6.45) is 10.2. The Hall–Kier alpha value is 0.797. The van der Waals surface area contributed by atoms with Crippen LogP contribution < -0.4 is 0 Å². The van der Waals surface area contributed by atoms with Crippen molar-refractivity contribution in [3.63, 3.8) is 0 Å². The van der Waals surface area contributed by atoms with Gasteiger partial charge in [-0.05, 0) is 11.0 Å². The molecule has 1 rings (SSSR count). The molecule has 0 heterocycles. The highest BCUT2D eigenvalue weighted by atomic mass is 35.5. The Kier molecular flexibility index (Phi) is 43.4. The highest BCUT2D eigenvalue weighted by molar-refractivity contribution is 5.85. The van der Waals surface area contributed by atoms with Gasteiger partial charge >= 0.3 is 0 Å². The summed E-state index contributed by atoms with van der Waals surface area (Å²) in [6, 6.07) is 0. The molecule has 80 valence electrons. The van der Waals surface area contributed by atoms with Gasteiger partial charge in [0.2, 0.25) is 0 Å². The second-order valence-corrected chi connectivity index (χ2v) is 2.83. The van der Waals surface area contributed by atoms with E-state index in [1.54, 1.807) is 0 Å². The average Bonchev–Trinajstić information content (AvgIpc) is 1.93. The van der Waals surface area contributed by atoms with E-state index in [0.717, 1.165) is 0 Å². The van der Waals surface area contributed by atoms with E-state index in [1.807, 2.05) is 0 Å². The summed E-state index contributed by atoms with van der Waals surface area (Å²) in [5.74, 6) is 0. The molecule has 0 unspecified atom stereocenters. The first-order chi connectivity index (χ1) is 4.41. The van der Waals surface area contributed by atoms with Gasteiger partial charge in [0, 0.05) is 0 Å². The Morgan fingerprint density at radius 3 is 0.833 bits per heavy atom. The van der Waals surface area contributed by atoms with Crippen LogP contribution in [0.2, 0.25) is 0 Å². The van der Waals surface area contributed by atoms with E-state index in [1.165, 1.54) is 44.9 Å². The Labute approximate surface area is 94.7 Å². The van der Waals surface area contributed by atoms with Crippen molar-refractivity contribution in [1.29, 1.82) is 0 Å². The van der Waals surface area contributed by atoms with Crippen molar-refractivity contribution in [2.24, 2.45) is 0 Å². The van der Waals surface area contributed by atoms with Gasteiger partial charge in [0.25, 0.3) is 0 Å². The van der Waals surface area contributed by atoms with Gasteiger partial charge in [-0.15, -0.1) is 24.8 Å². The van der Waals surface area contributed by atoms with Crippen molar-refractivity contribution in [2.45, 2.75) is 58.8 Å². The lowest BCUT2D eigenvalue weighted by Gasteiger charge is -2.05. The van der Waals surface area contributed by atoms with Crippen molar-refractivity contribution in [1.82, 2.24) is 0 Å². The molecule has 0 aromatic heterocycles. The molecule has 0 saturated heterocycles. The maximum Gasteiger partial charge on any atom is -0.0149 e. The first-order valence-corrected chi connectivity index (χ1v) is 4.41. The highest BCUT2D eigenvalue weighted by Gasteiger charge is 1.95. The number of hydrogen-bond acceptors (Lipinski definition) is 0. The molecule has 1 aliphatic rings. The van der Waals surface area contributed by atoms with E-state index in [-0.39, 0.29) is 35.8 Å². The summed E-state index contributed by atoms with van der Waals surface area (Å²) < 4.78 is 0. The van der Waals surface area contributed by atoms with Crippen LogP contribution in [-0.2, 0) is 0 Å². The monoisotopic (exact) mass is 232 g/mol. The maximum absolute atomic E-state index is 2.12. The summed E-state index contributed by atoms with van der Waals surface area (Å²) in [5, 5.41) is 0. The van der Waals surface area contributed by atoms with Crippen LogP contribution in [-0.4, -0.2) is 11.0 Å². The summed E-state index contributed by atoms with van der Waals surface area (Å²) in [5.41, 5.74) is 0. The van der Waals surface area contributed by atoms with Gasteiger partial charge in [0.05, 0.1) is 0 Å². The minimum absolute atomic E-state index is 0. The zero-order chi connectivity index (χ0) is 6.95. The Balaban J connectivity index is -0.0000000489. The largest absolute Gasteiger partial charge is 0.147 e. The van der Waals surface area contributed by atoms with Crippen molar-refractivity contribution in [3.8, 4) is 0 Å². The van der Waals surface area contributed by atoms with Crippen LogP contribution in [0.25, 0.3) is 0 Å². The molecule has 0 aliphatic heterocycles. The predicted octanol–water partition coefficient (Wildman–Crippen LogP) is 3.15. The molecule has 3 heteroatoms. The zero-order valence-corrected chi connectivity index (χ0v) is 9.40. The molecule has 0 amide bonds. The molecule has 0 radical (unpaired) electrons. The fourth-order valence-corrected chi connectivity index (χ4v) is 1.06. The van der Waals surface area contributed by atoms with Crippen LogP contribution in [0.3, 0.4) is 0 Å². The molecule has 0 bridgehead atoms. The van der Waals surface area contributed by atoms with Gasteiger partial charge in [-0.2, -0.15) is 0 Å². The Morgan fingerprint density at radius 2 is 0.750 bits per heavy atom. The summed E-state index contributed by atoms with van der Waals surface area (Å²) in [4.78, 5) is 0. The lowest BCUT2D eigenvalue weighted by molar-refractivity contribution is 0.504. The molecule has 0 atom stereocenters. The molecule has 1 aliphatic carbocycles. The van der Waals surface area contributed by atoms with E-state index in [2.05, 4.69) is 13.8 Å². The molecule has 0 N–H and O–H groups in total. The lowest BCUT2D eigenvalue weighted by atomic mass is 10.0. The first-order valence-electron chi connectivity index (χ1n) is 4.41. The van der Waals surface area contributed by atoms with Gasteiger partial charge < -0.3 is 0 Å². The summed E-state index contributed by atoms with van der Waals surface area (Å²) >= 11 is 0. The van der Waals surface area contributed by atoms with Crippen LogP contribution in [0.1, 0.15) is 58.8 Å². The predicted molar refractivity (Wildman–Crippen MR) is 69.5 cm³/mol. The number of hydrogen-bond donors (Lipinski definition) is 0. The zero-order valence-electron chi connectivity index (χ0n) is 7.77. The van der Waals surface area contributed by atoms with Crippen molar-refractivity contribution in [2.75, 3.05) is 0 Å². The van der Waals surface area contributed by atoms with E-state index < -0.39 is 0 Å². The minimum Gasteiger partial charge on any atom is -0.147 e. The summed E-state index contributed by atoms with van der Waals surface area (Å²) in [7, 11) is 0. The van der Waals surface area contributed by atoms with Gasteiger partial charge in [0.1, 0.15) is 0 Å². The van der Waals surface area contributed by atoms with Crippen LogP contribution >= 0.6 is 24.8 Å². The third-order valence-electron chi connectivity index (χ3n) is 1.50. The second kappa shape index (κ2) is 22.6. The highest BCUT2D eigenvalue weighted by Crippen LogP contribution is 2.15. The molecule has 12 heavy (non-hydrogen) atoms. The fraction of sp³-hybridized carbons (Fsp3) is 1.00. The van der Waals surface area contributed by atoms with Gasteiger partial charge in [-0.3, -0.25) is 0 Å². The summed E-state index contributed by atoms with van der Waals surface area (Å²) in [6.45, 7) is 4.25. The van der Waals surface area contributed by atoms with E-state index in [4.69, 9.17) is 0 Å². The molecule has 1 saturated carbocycles. The third-order valence-corrected chi connectivity index (χ3v) is 1.50. The average molecular weight is 233 g/mol. The molecule has 0 aromatic rings. The topological polar surface area (TPSA) is 0 Å². The van der Waals surface area contributed by atoms with E-state index in [9.17, 15) is 0 Å². The quantitative estimate of drug-likeness (QED) is 0.564. The third kappa shape index (κ3) is 22.4. The van der Waals surface area contributed by atoms with Gasteiger partial charge in [-0.25, -0.2) is 0 Å². The molecular formula is C9H26Cl2Si. The van der Waals surface area contributed by atoms with Crippen LogP contribution in [0.4, 0.5) is 0 Å². The van der Waals surface area contributed by atoms with Crippen molar-refractivity contribution < 1.29 is 0 Å². The van der Waals surface area contributed by atoms with E-state index in [0.29, 0.717) is 0 Å². The second-order valence-electron chi connectivity index (χ2n) is 2.83. The molecular weight excluding hydrogens is 207 g/mol. The van der Waals surface area contributed by atoms with E-state index >= 15 is 0 Å². The number of rotatable bonds is 0. The van der Waals surface area contributed by atoms with Crippen LogP contribution in [0.5, 0.6) is 0 Å². The van der Waals surface area contributed by atoms with Gasteiger partial charge in [-0.1, -0.05) is 58.8 Å². The molecule has 0 nitrogen and oxygen atoms in total. The normalized spacial score (nSPS) is 13.5. The Bertz CT molecular complexity index is 36.3. The fourth-order valence-electron chi connectivity index (χ4n) is 1.06. The lowest BCUT2D eigenvalue weighted by Crippen LogP contribution is -1.85. The van der Waals surface area contributed by atoms with Crippen LogP contribution in [0.15, 0.2) is 0 Å². The maximum atomic E-state index is 2.12. The van der Waals surface area contributed by atoms with Gasteiger partial charge in [0.15, 0.2) is 0 Å². The smallest absolute Gasteiger partial charge is 0.0149 e. The van der Waals surface area contributed by atoms with Crippen molar-refractivity contribution in [3.05, 3.63) is 0 Å². The first kappa shape index (κ1) is 23.0. The molecule has 1 fully saturated rings. The minimum atomic E-state index is 0. The SMILES string of the molecule is C1CCCCC1.CCC.Cl.Cl.[SiH4]. The number of halogens is 2. The van der Waals surface area contributed by atoms with Crippen LogP contribution in [0, 0.1) is 0 Å². The Morgan fingerprint density at radius 1 is 0.667 bits per heavy atom. The molecule has 0 aromatic carbocycles. The standard InChI is InChI=1S/C6H12.C3H8.2ClH.H4Si/c1-2-4-6-5-3-1;1-3-2;;;/h1-6H2;3H2,1-2H3;2*1H;1H4.